The number of hydrogen-bond donors (Lipinski definition) is 1. The van der Waals surface area contributed by atoms with Crippen LogP contribution < -0.4 is 9.62 Å². The molecule has 0 aromatic heterocycles. The van der Waals surface area contributed by atoms with Crippen molar-refractivity contribution >= 4 is 27.5 Å². The SMILES string of the molecule is Cc1cccc(CN(C(=O)CN(c2ccc(C)cc2C)S(=O)(=O)c2ccccc2)[C@@H](Cc2ccccc2)C(=O)NC(C)(C)C)c1. The van der Waals surface area contributed by atoms with Crippen molar-refractivity contribution in [1.29, 1.82) is 0 Å². The summed E-state index contributed by atoms with van der Waals surface area (Å²) < 4.78 is 29.5. The zero-order valence-corrected chi connectivity index (χ0v) is 27.8. The van der Waals surface area contributed by atoms with Gasteiger partial charge in [0.05, 0.1) is 10.6 Å². The first kappa shape index (κ1) is 33.5. The molecule has 1 N–H and O–H groups in total. The lowest BCUT2D eigenvalue weighted by Crippen LogP contribution is -2.56. The third-order valence-corrected chi connectivity index (χ3v) is 9.21. The molecule has 45 heavy (non-hydrogen) atoms. The van der Waals surface area contributed by atoms with Crippen LogP contribution in [0, 0.1) is 20.8 Å². The minimum Gasteiger partial charge on any atom is -0.350 e. The van der Waals surface area contributed by atoms with Gasteiger partial charge < -0.3 is 10.2 Å². The molecule has 0 unspecified atom stereocenters. The van der Waals surface area contributed by atoms with Crippen LogP contribution in [0.25, 0.3) is 0 Å². The highest BCUT2D eigenvalue weighted by molar-refractivity contribution is 7.92. The summed E-state index contributed by atoms with van der Waals surface area (Å²) in [6, 6.07) is 30.0. The molecule has 4 rings (SSSR count). The lowest BCUT2D eigenvalue weighted by molar-refractivity contribution is -0.140. The van der Waals surface area contributed by atoms with Crippen molar-refractivity contribution < 1.29 is 18.0 Å². The van der Waals surface area contributed by atoms with Crippen molar-refractivity contribution in [2.45, 2.75) is 71.0 Å². The van der Waals surface area contributed by atoms with Gasteiger partial charge in [-0.1, -0.05) is 96.1 Å². The van der Waals surface area contributed by atoms with Crippen molar-refractivity contribution in [3.05, 3.63) is 131 Å². The van der Waals surface area contributed by atoms with E-state index in [9.17, 15) is 18.0 Å². The van der Waals surface area contributed by atoms with Gasteiger partial charge in [-0.05, 0) is 76.4 Å². The van der Waals surface area contributed by atoms with Gasteiger partial charge in [-0.25, -0.2) is 8.42 Å². The standard InChI is InChI=1S/C37H43N3O4S/c1-27-14-13-17-31(23-27)25-39(34(36(42)38-37(4,5)6)24-30-15-9-7-10-16-30)35(41)26-40(33-21-20-28(2)22-29(33)3)45(43,44)32-18-11-8-12-19-32/h7-23,34H,24-26H2,1-6H3,(H,38,42)/t34-/m0/s1. The van der Waals surface area contributed by atoms with E-state index in [0.29, 0.717) is 5.69 Å². The average Bonchev–Trinajstić information content (AvgIpc) is 2.98. The first-order chi connectivity index (χ1) is 21.2. The van der Waals surface area contributed by atoms with Gasteiger partial charge >= 0.3 is 0 Å². The molecule has 0 bridgehead atoms. The largest absolute Gasteiger partial charge is 0.350 e. The molecular weight excluding hydrogens is 582 g/mol. The Kier molecular flexibility index (Phi) is 10.5. The topological polar surface area (TPSA) is 86.8 Å². The molecule has 2 amide bonds. The summed E-state index contributed by atoms with van der Waals surface area (Å²) in [5.41, 5.74) is 4.30. The molecule has 0 heterocycles. The van der Waals surface area contributed by atoms with Gasteiger partial charge in [0, 0.05) is 18.5 Å². The van der Waals surface area contributed by atoms with Gasteiger partial charge in [0.15, 0.2) is 0 Å². The molecule has 7 nitrogen and oxygen atoms in total. The highest BCUT2D eigenvalue weighted by Gasteiger charge is 2.36. The minimum absolute atomic E-state index is 0.0781. The van der Waals surface area contributed by atoms with Gasteiger partial charge in [0.2, 0.25) is 11.8 Å². The van der Waals surface area contributed by atoms with Gasteiger partial charge in [-0.15, -0.1) is 0 Å². The van der Waals surface area contributed by atoms with E-state index in [-0.39, 0.29) is 23.8 Å². The Morgan fingerprint density at radius 2 is 1.36 bits per heavy atom. The second-order valence-electron chi connectivity index (χ2n) is 12.6. The second kappa shape index (κ2) is 14.1. The number of nitrogens with zero attached hydrogens (tertiary/aromatic N) is 2. The van der Waals surface area contributed by atoms with Crippen LogP contribution in [0.2, 0.25) is 0 Å². The van der Waals surface area contributed by atoms with Crippen LogP contribution in [0.4, 0.5) is 5.69 Å². The number of rotatable bonds is 11. The average molecular weight is 626 g/mol. The predicted octanol–water partition coefficient (Wildman–Crippen LogP) is 6.36. The van der Waals surface area contributed by atoms with E-state index in [4.69, 9.17) is 0 Å². The fourth-order valence-corrected chi connectivity index (χ4v) is 6.83. The first-order valence-electron chi connectivity index (χ1n) is 15.1. The lowest BCUT2D eigenvalue weighted by Gasteiger charge is -2.35. The van der Waals surface area contributed by atoms with E-state index in [1.54, 1.807) is 24.3 Å². The van der Waals surface area contributed by atoms with Crippen LogP contribution in [-0.2, 0) is 32.6 Å². The monoisotopic (exact) mass is 625 g/mol. The van der Waals surface area contributed by atoms with Crippen LogP contribution in [-0.4, -0.2) is 43.3 Å². The Morgan fingerprint density at radius 3 is 1.96 bits per heavy atom. The molecule has 0 radical (unpaired) electrons. The molecule has 236 valence electrons. The number of carbonyl (C=O) groups is 2. The molecule has 8 heteroatoms. The number of amides is 2. The maximum absolute atomic E-state index is 14.6. The maximum Gasteiger partial charge on any atom is 0.264 e. The van der Waals surface area contributed by atoms with E-state index >= 15 is 0 Å². The van der Waals surface area contributed by atoms with Crippen molar-refractivity contribution in [3.63, 3.8) is 0 Å². The minimum atomic E-state index is -4.15. The summed E-state index contributed by atoms with van der Waals surface area (Å²) >= 11 is 0. The van der Waals surface area contributed by atoms with Gasteiger partial charge in [-0.2, -0.15) is 0 Å². The molecule has 0 spiro atoms. The summed E-state index contributed by atoms with van der Waals surface area (Å²) in [4.78, 5) is 30.2. The predicted molar refractivity (Wildman–Crippen MR) is 180 cm³/mol. The molecule has 4 aromatic rings. The molecule has 0 saturated carbocycles. The first-order valence-corrected chi connectivity index (χ1v) is 16.5. The van der Waals surface area contributed by atoms with Crippen molar-refractivity contribution in [3.8, 4) is 0 Å². The maximum atomic E-state index is 14.6. The Bertz CT molecular complexity index is 1730. The van der Waals surface area contributed by atoms with Crippen LogP contribution in [0.1, 0.15) is 48.6 Å². The molecule has 4 aromatic carbocycles. The fraction of sp³-hybridized carbons (Fsp3) is 0.297. The van der Waals surface area contributed by atoms with Gasteiger partial charge in [-0.3, -0.25) is 13.9 Å². The molecule has 0 saturated heterocycles. The molecule has 0 aliphatic heterocycles. The summed E-state index contributed by atoms with van der Waals surface area (Å²) in [7, 11) is -4.15. The van der Waals surface area contributed by atoms with E-state index in [1.165, 1.54) is 21.3 Å². The lowest BCUT2D eigenvalue weighted by atomic mass is 10.0. The Balaban J connectivity index is 1.84. The normalized spacial score (nSPS) is 12.3. The van der Waals surface area contributed by atoms with Crippen molar-refractivity contribution in [2.75, 3.05) is 10.8 Å². The summed E-state index contributed by atoms with van der Waals surface area (Å²) in [5.74, 6) is -0.794. The number of nitrogens with one attached hydrogen (secondary N) is 1. The Morgan fingerprint density at radius 1 is 0.756 bits per heavy atom. The number of sulfonamides is 1. The van der Waals surface area contributed by atoms with Crippen LogP contribution in [0.15, 0.2) is 108 Å². The van der Waals surface area contributed by atoms with E-state index in [1.807, 2.05) is 108 Å². The summed E-state index contributed by atoms with van der Waals surface area (Å²) in [6.07, 6.45) is 0.259. The third-order valence-electron chi connectivity index (χ3n) is 7.44. The van der Waals surface area contributed by atoms with E-state index in [0.717, 1.165) is 27.8 Å². The van der Waals surface area contributed by atoms with E-state index in [2.05, 4.69) is 5.32 Å². The number of benzene rings is 4. The quantitative estimate of drug-likeness (QED) is 0.210. The second-order valence-corrected chi connectivity index (χ2v) is 14.4. The number of aryl methyl sites for hydroxylation is 3. The third kappa shape index (κ3) is 8.82. The van der Waals surface area contributed by atoms with Crippen LogP contribution >= 0.6 is 0 Å². The molecular formula is C37H43N3O4S. The smallest absolute Gasteiger partial charge is 0.264 e. The zero-order chi connectivity index (χ0) is 32.8. The highest BCUT2D eigenvalue weighted by atomic mass is 32.2. The fourth-order valence-electron chi connectivity index (χ4n) is 5.33. The molecule has 0 aliphatic rings. The molecule has 0 fully saturated rings. The van der Waals surface area contributed by atoms with Gasteiger partial charge in [0.25, 0.3) is 10.0 Å². The zero-order valence-electron chi connectivity index (χ0n) is 26.9. The number of carbonyl (C=O) groups excluding carboxylic acids is 2. The van der Waals surface area contributed by atoms with Gasteiger partial charge in [0.1, 0.15) is 12.6 Å². The highest BCUT2D eigenvalue weighted by Crippen LogP contribution is 2.28. The number of hydrogen-bond acceptors (Lipinski definition) is 4. The molecule has 1 atom stereocenters. The van der Waals surface area contributed by atoms with Crippen LogP contribution in [0.5, 0.6) is 0 Å². The number of anilines is 1. The Hall–Kier alpha value is -4.43. The summed E-state index contributed by atoms with van der Waals surface area (Å²) in [6.45, 7) is 11.1. The van der Waals surface area contributed by atoms with Crippen molar-refractivity contribution in [1.82, 2.24) is 10.2 Å². The van der Waals surface area contributed by atoms with E-state index < -0.39 is 34.1 Å². The Labute approximate surface area is 268 Å². The van der Waals surface area contributed by atoms with Crippen LogP contribution in [0.3, 0.4) is 0 Å². The van der Waals surface area contributed by atoms with Crippen molar-refractivity contribution in [2.24, 2.45) is 0 Å². The molecule has 0 aliphatic carbocycles. The summed E-state index contributed by atoms with van der Waals surface area (Å²) in [5, 5.41) is 3.06.